The van der Waals surface area contributed by atoms with Crippen molar-refractivity contribution in [2.24, 2.45) is 0 Å². The second-order valence-electron chi connectivity index (χ2n) is 6.53. The standard InChI is InChI=1S/C19H25N3OS/c1-22(2)18(15-10-11-24-13-15)12-20-19(23)21-17-9-5-7-14-6-3-4-8-16(14)17/h3-4,6,8,10-11,13,17-18H,5,7,9,12H2,1-2H3,(H2,20,21,23). The molecule has 1 heterocycles. The first-order valence-electron chi connectivity index (χ1n) is 8.46. The molecule has 0 fully saturated rings. The molecular formula is C19H25N3OS. The Balaban J connectivity index is 1.58. The molecule has 1 aromatic heterocycles. The van der Waals surface area contributed by atoms with Crippen molar-refractivity contribution < 1.29 is 4.79 Å². The molecule has 0 saturated carbocycles. The molecule has 3 rings (SSSR count). The van der Waals surface area contributed by atoms with Crippen molar-refractivity contribution in [1.29, 1.82) is 0 Å². The van der Waals surface area contributed by atoms with Crippen molar-refractivity contribution in [3.63, 3.8) is 0 Å². The van der Waals surface area contributed by atoms with Gasteiger partial charge in [-0.15, -0.1) is 0 Å². The Morgan fingerprint density at radius 1 is 1.33 bits per heavy atom. The number of thiophene rings is 1. The van der Waals surface area contributed by atoms with Gasteiger partial charge >= 0.3 is 6.03 Å². The van der Waals surface area contributed by atoms with E-state index in [1.807, 2.05) is 14.1 Å². The van der Waals surface area contributed by atoms with Crippen LogP contribution in [0.5, 0.6) is 0 Å². The molecule has 1 aliphatic rings. The Morgan fingerprint density at radius 2 is 2.17 bits per heavy atom. The number of rotatable bonds is 5. The Bertz CT molecular complexity index is 669. The molecule has 0 spiro atoms. The average Bonchev–Trinajstić information content (AvgIpc) is 3.09. The van der Waals surface area contributed by atoms with Crippen LogP contribution in [0.1, 0.15) is 41.6 Å². The first-order valence-corrected chi connectivity index (χ1v) is 9.40. The summed E-state index contributed by atoms with van der Waals surface area (Å²) < 4.78 is 0. The molecule has 0 radical (unpaired) electrons. The molecule has 0 aliphatic heterocycles. The monoisotopic (exact) mass is 343 g/mol. The molecule has 4 nitrogen and oxygen atoms in total. The van der Waals surface area contributed by atoms with E-state index in [-0.39, 0.29) is 18.1 Å². The minimum absolute atomic E-state index is 0.0845. The third-order valence-corrected chi connectivity index (χ3v) is 5.38. The number of amides is 2. The van der Waals surface area contributed by atoms with Gasteiger partial charge in [0.15, 0.2) is 0 Å². The van der Waals surface area contributed by atoms with Crippen LogP contribution in [-0.2, 0) is 6.42 Å². The molecule has 2 amide bonds. The number of carbonyl (C=O) groups is 1. The molecule has 0 bridgehead atoms. The van der Waals surface area contributed by atoms with Crippen LogP contribution in [-0.4, -0.2) is 31.6 Å². The minimum Gasteiger partial charge on any atom is -0.336 e. The van der Waals surface area contributed by atoms with Gasteiger partial charge in [0.05, 0.1) is 12.1 Å². The molecule has 5 heteroatoms. The summed E-state index contributed by atoms with van der Waals surface area (Å²) in [6.45, 7) is 0.601. The van der Waals surface area contributed by atoms with Gasteiger partial charge in [-0.1, -0.05) is 24.3 Å². The van der Waals surface area contributed by atoms with Crippen LogP contribution in [0.15, 0.2) is 41.1 Å². The normalized spacial score (nSPS) is 18.0. The van der Waals surface area contributed by atoms with E-state index in [4.69, 9.17) is 0 Å². The fourth-order valence-electron chi connectivity index (χ4n) is 3.37. The van der Waals surface area contributed by atoms with E-state index in [9.17, 15) is 4.79 Å². The lowest BCUT2D eigenvalue weighted by Gasteiger charge is -2.28. The van der Waals surface area contributed by atoms with Crippen molar-refractivity contribution in [2.45, 2.75) is 31.3 Å². The van der Waals surface area contributed by atoms with Gasteiger partial charge in [0.2, 0.25) is 0 Å². The number of carbonyl (C=O) groups excluding carboxylic acids is 1. The summed E-state index contributed by atoms with van der Waals surface area (Å²) in [4.78, 5) is 14.5. The maximum absolute atomic E-state index is 12.4. The fraction of sp³-hybridized carbons (Fsp3) is 0.421. The number of fused-ring (bicyclic) bond motifs is 1. The summed E-state index contributed by atoms with van der Waals surface area (Å²) in [5, 5.41) is 10.4. The lowest BCUT2D eigenvalue weighted by atomic mass is 9.88. The average molecular weight is 343 g/mol. The molecule has 0 saturated heterocycles. The highest BCUT2D eigenvalue weighted by Crippen LogP contribution is 2.29. The highest BCUT2D eigenvalue weighted by Gasteiger charge is 2.22. The molecule has 1 aliphatic carbocycles. The summed E-state index contributed by atoms with van der Waals surface area (Å²) >= 11 is 1.69. The van der Waals surface area contributed by atoms with Crippen LogP contribution in [0.4, 0.5) is 4.79 Å². The smallest absolute Gasteiger partial charge is 0.315 e. The molecular weight excluding hydrogens is 318 g/mol. The van der Waals surface area contributed by atoms with Crippen LogP contribution in [0.2, 0.25) is 0 Å². The van der Waals surface area contributed by atoms with E-state index in [1.165, 1.54) is 16.7 Å². The summed E-state index contributed by atoms with van der Waals surface area (Å²) in [7, 11) is 4.08. The molecule has 2 N–H and O–H groups in total. The van der Waals surface area contributed by atoms with Gasteiger partial charge in [0.1, 0.15) is 0 Å². The second-order valence-corrected chi connectivity index (χ2v) is 7.31. The zero-order valence-electron chi connectivity index (χ0n) is 14.3. The minimum atomic E-state index is -0.0845. The molecule has 2 aromatic rings. The van der Waals surface area contributed by atoms with Gasteiger partial charge in [-0.3, -0.25) is 0 Å². The molecule has 2 unspecified atom stereocenters. The predicted octanol–water partition coefficient (Wildman–Crippen LogP) is 3.73. The van der Waals surface area contributed by atoms with Crippen molar-refractivity contribution in [2.75, 3.05) is 20.6 Å². The number of benzene rings is 1. The van der Waals surface area contributed by atoms with Gasteiger partial charge in [-0.2, -0.15) is 11.3 Å². The largest absolute Gasteiger partial charge is 0.336 e. The van der Waals surface area contributed by atoms with Crippen molar-refractivity contribution in [1.82, 2.24) is 15.5 Å². The van der Waals surface area contributed by atoms with Gasteiger partial charge in [0.25, 0.3) is 0 Å². The highest BCUT2D eigenvalue weighted by molar-refractivity contribution is 7.07. The van der Waals surface area contributed by atoms with E-state index in [0.29, 0.717) is 6.54 Å². The first kappa shape index (κ1) is 17.0. The summed E-state index contributed by atoms with van der Waals surface area (Å²) in [6.07, 6.45) is 3.24. The van der Waals surface area contributed by atoms with Gasteiger partial charge in [0, 0.05) is 6.54 Å². The maximum atomic E-state index is 12.4. The van der Waals surface area contributed by atoms with Crippen LogP contribution >= 0.6 is 11.3 Å². The van der Waals surface area contributed by atoms with Crippen molar-refractivity contribution >= 4 is 17.4 Å². The lowest BCUT2D eigenvalue weighted by Crippen LogP contribution is -2.42. The Kier molecular flexibility index (Phi) is 5.53. The summed E-state index contributed by atoms with van der Waals surface area (Å²) in [6, 6.07) is 10.8. The number of likely N-dealkylation sites (N-methyl/N-ethyl adjacent to an activating group) is 1. The zero-order valence-corrected chi connectivity index (χ0v) is 15.1. The van der Waals surface area contributed by atoms with E-state index < -0.39 is 0 Å². The van der Waals surface area contributed by atoms with Crippen LogP contribution < -0.4 is 10.6 Å². The first-order chi connectivity index (χ1) is 11.6. The molecule has 1 aromatic carbocycles. The Morgan fingerprint density at radius 3 is 2.92 bits per heavy atom. The molecule has 24 heavy (non-hydrogen) atoms. The number of urea groups is 1. The van der Waals surface area contributed by atoms with E-state index >= 15 is 0 Å². The fourth-order valence-corrected chi connectivity index (χ4v) is 4.07. The number of aryl methyl sites for hydroxylation is 1. The van der Waals surface area contributed by atoms with E-state index in [2.05, 4.69) is 56.6 Å². The third-order valence-electron chi connectivity index (χ3n) is 4.68. The Hall–Kier alpha value is -1.85. The zero-order chi connectivity index (χ0) is 16.9. The third kappa shape index (κ3) is 3.97. The van der Waals surface area contributed by atoms with Crippen LogP contribution in [0.25, 0.3) is 0 Å². The van der Waals surface area contributed by atoms with Gasteiger partial charge in [-0.05, 0) is 66.9 Å². The van der Waals surface area contributed by atoms with Crippen molar-refractivity contribution in [3.05, 3.63) is 57.8 Å². The molecule has 2 atom stereocenters. The summed E-state index contributed by atoms with van der Waals surface area (Å²) in [5.41, 5.74) is 3.87. The quantitative estimate of drug-likeness (QED) is 0.869. The lowest BCUT2D eigenvalue weighted by molar-refractivity contribution is 0.228. The maximum Gasteiger partial charge on any atom is 0.315 e. The number of hydrogen-bond donors (Lipinski definition) is 2. The van der Waals surface area contributed by atoms with Crippen LogP contribution in [0, 0.1) is 0 Å². The highest BCUT2D eigenvalue weighted by atomic mass is 32.1. The van der Waals surface area contributed by atoms with Crippen LogP contribution in [0.3, 0.4) is 0 Å². The van der Waals surface area contributed by atoms with E-state index in [1.54, 1.807) is 11.3 Å². The van der Waals surface area contributed by atoms with E-state index in [0.717, 1.165) is 19.3 Å². The Labute approximate surface area is 147 Å². The van der Waals surface area contributed by atoms with Crippen molar-refractivity contribution in [3.8, 4) is 0 Å². The van der Waals surface area contributed by atoms with Gasteiger partial charge in [-0.25, -0.2) is 4.79 Å². The number of hydrogen-bond acceptors (Lipinski definition) is 3. The summed E-state index contributed by atoms with van der Waals surface area (Å²) in [5.74, 6) is 0. The number of nitrogens with one attached hydrogen (secondary N) is 2. The second kappa shape index (κ2) is 7.81. The number of nitrogens with zero attached hydrogens (tertiary/aromatic N) is 1. The SMILES string of the molecule is CN(C)C(CNC(=O)NC1CCCc2ccccc21)c1ccsc1. The molecule has 128 valence electrons. The van der Waals surface area contributed by atoms with Gasteiger partial charge < -0.3 is 15.5 Å². The predicted molar refractivity (Wildman–Crippen MR) is 99.4 cm³/mol. The topological polar surface area (TPSA) is 44.4 Å².